The largest absolute Gasteiger partial charge is 0.463 e. The standard InChI is InChI=1S/C33H52BrFN4O3.H2/c1-8-12-14-15-17-32(6,16-13-9-2)21-42-31-37-29-25(30(38-31)39-18-19-41-22-33(7,40)20-39)24(11-4)28(26(34)27(29)35)36-23(5)10-3;/h11,23,40H,8-10,12-22H2,1-7H3;1H/b24-11-,36-28?;/t23?,32?,33-;/m1./s1. The Labute approximate surface area is 262 Å². The molecule has 42 heavy (non-hydrogen) atoms. The number of rotatable bonds is 14. The summed E-state index contributed by atoms with van der Waals surface area (Å²) in [4.78, 5) is 16.4. The maximum absolute atomic E-state index is 16.2. The lowest BCUT2D eigenvalue weighted by molar-refractivity contribution is -0.0123. The van der Waals surface area contributed by atoms with E-state index >= 15 is 4.39 Å². The minimum atomic E-state index is -1.10. The van der Waals surface area contributed by atoms with Crippen LogP contribution in [0.15, 0.2) is 15.6 Å². The highest BCUT2D eigenvalue weighted by atomic mass is 79.9. The predicted octanol–water partition coefficient (Wildman–Crippen LogP) is 8.55. The van der Waals surface area contributed by atoms with Gasteiger partial charge in [-0.3, -0.25) is 4.99 Å². The van der Waals surface area contributed by atoms with Gasteiger partial charge in [-0.25, -0.2) is 4.39 Å². The third kappa shape index (κ3) is 8.85. The van der Waals surface area contributed by atoms with E-state index in [1.54, 1.807) is 6.92 Å². The number of aromatic nitrogens is 2. The Hall–Kier alpha value is -1.84. The summed E-state index contributed by atoms with van der Waals surface area (Å²) in [6.45, 7) is 16.3. The van der Waals surface area contributed by atoms with Crippen molar-refractivity contribution >= 4 is 38.9 Å². The van der Waals surface area contributed by atoms with Crippen molar-refractivity contribution in [3.63, 3.8) is 0 Å². The molecule has 3 rings (SSSR count). The smallest absolute Gasteiger partial charge is 0.319 e. The average molecular weight is 654 g/mol. The molecule has 0 saturated carbocycles. The monoisotopic (exact) mass is 652 g/mol. The Balaban J connectivity index is 0.00000645. The van der Waals surface area contributed by atoms with Gasteiger partial charge in [0.1, 0.15) is 17.1 Å². The number of fused-ring (bicyclic) bond motifs is 1. The van der Waals surface area contributed by atoms with Gasteiger partial charge in [-0.2, -0.15) is 9.97 Å². The molecule has 1 aromatic rings. The summed E-state index contributed by atoms with van der Waals surface area (Å²) in [5.74, 6) is 0.0383. The molecule has 0 aromatic carbocycles. The lowest BCUT2D eigenvalue weighted by atomic mass is 9.81. The van der Waals surface area contributed by atoms with Gasteiger partial charge in [0.2, 0.25) is 0 Å². The second kappa shape index (κ2) is 15.8. The molecule has 2 aliphatic rings. The van der Waals surface area contributed by atoms with Gasteiger partial charge in [0, 0.05) is 25.0 Å². The maximum Gasteiger partial charge on any atom is 0.319 e. The Morgan fingerprint density at radius 1 is 1.21 bits per heavy atom. The maximum atomic E-state index is 16.2. The number of aliphatic hydroxyl groups is 1. The summed E-state index contributed by atoms with van der Waals surface area (Å²) in [5, 5.41) is 11.0. The summed E-state index contributed by atoms with van der Waals surface area (Å²) in [5.41, 5.74) is 0.934. The first-order valence-corrected chi connectivity index (χ1v) is 16.7. The molecule has 1 aliphatic carbocycles. The molecule has 7 nitrogen and oxygen atoms in total. The van der Waals surface area contributed by atoms with Gasteiger partial charge in [-0.1, -0.05) is 72.3 Å². The van der Waals surface area contributed by atoms with Crippen molar-refractivity contribution in [2.75, 3.05) is 37.8 Å². The van der Waals surface area contributed by atoms with Gasteiger partial charge >= 0.3 is 6.01 Å². The zero-order chi connectivity index (χ0) is 30.9. The van der Waals surface area contributed by atoms with Crippen LogP contribution in [0.5, 0.6) is 6.01 Å². The Morgan fingerprint density at radius 3 is 2.60 bits per heavy atom. The van der Waals surface area contributed by atoms with Crippen molar-refractivity contribution in [3.05, 3.63) is 21.8 Å². The van der Waals surface area contributed by atoms with Crippen molar-refractivity contribution < 1.29 is 20.4 Å². The number of hydrogen-bond acceptors (Lipinski definition) is 7. The lowest BCUT2D eigenvalue weighted by Crippen LogP contribution is -2.42. The average Bonchev–Trinajstić information content (AvgIpc) is 3.16. The molecule has 2 heterocycles. The van der Waals surface area contributed by atoms with Crippen LogP contribution in [0.25, 0.3) is 11.4 Å². The van der Waals surface area contributed by atoms with E-state index in [0.717, 1.165) is 44.1 Å². The summed E-state index contributed by atoms with van der Waals surface area (Å²) < 4.78 is 28.6. The number of halogens is 2. The van der Waals surface area contributed by atoms with E-state index < -0.39 is 11.4 Å². The highest BCUT2D eigenvalue weighted by Crippen LogP contribution is 2.44. The molecule has 1 aromatic heterocycles. The highest BCUT2D eigenvalue weighted by molar-refractivity contribution is 9.12. The van der Waals surface area contributed by atoms with Crippen molar-refractivity contribution in [1.82, 2.24) is 9.97 Å². The number of aliphatic imine (C=N–C) groups is 1. The number of β-amino-alcohol motifs (C(OH)–C–C–N with tert-alkyl or cyclic N) is 1. The summed E-state index contributed by atoms with van der Waals surface area (Å²) >= 11 is 3.50. The first kappa shape index (κ1) is 34.6. The topological polar surface area (TPSA) is 80.1 Å². The Bertz CT molecular complexity index is 1160. The Kier molecular flexibility index (Phi) is 13.0. The molecule has 1 saturated heterocycles. The fraction of sp³-hybridized carbons (Fsp3) is 0.727. The van der Waals surface area contributed by atoms with Crippen LogP contribution >= 0.6 is 15.9 Å². The van der Waals surface area contributed by atoms with Gasteiger partial charge < -0.3 is 19.5 Å². The molecule has 0 spiro atoms. The Morgan fingerprint density at radius 2 is 1.93 bits per heavy atom. The molecule has 0 bridgehead atoms. The van der Waals surface area contributed by atoms with Gasteiger partial charge in [0.15, 0.2) is 5.83 Å². The SMILES string of the molecule is C/C=C1\C(=NC(C)CC)C(Br)=C(F)c2nc(OCC(C)(CCCC)CCCCCC)nc(N3CCOC[C@](C)(O)C3)c21.[HH]. The van der Waals surface area contributed by atoms with Crippen molar-refractivity contribution in [3.8, 4) is 6.01 Å². The van der Waals surface area contributed by atoms with Crippen molar-refractivity contribution in [2.45, 2.75) is 118 Å². The van der Waals surface area contributed by atoms with E-state index in [-0.39, 0.29) is 42.2 Å². The van der Waals surface area contributed by atoms with Crippen LogP contribution in [0.2, 0.25) is 0 Å². The second-order valence-corrected chi connectivity index (χ2v) is 13.4. The first-order chi connectivity index (χ1) is 20.0. The third-order valence-corrected chi connectivity index (χ3v) is 9.02. The molecule has 0 radical (unpaired) electrons. The van der Waals surface area contributed by atoms with Crippen LogP contribution in [0.4, 0.5) is 10.2 Å². The molecule has 3 atom stereocenters. The van der Waals surface area contributed by atoms with E-state index in [1.165, 1.54) is 19.3 Å². The molecule has 2 unspecified atom stereocenters. The molecular formula is C33H54BrFN4O3. The normalized spacial score (nSPS) is 23.6. The third-order valence-electron chi connectivity index (χ3n) is 8.30. The van der Waals surface area contributed by atoms with Crippen LogP contribution in [0.1, 0.15) is 119 Å². The molecular weight excluding hydrogens is 599 g/mol. The molecule has 238 valence electrons. The number of anilines is 1. The zero-order valence-corrected chi connectivity index (χ0v) is 28.4. The number of allylic oxidation sites excluding steroid dienone is 3. The van der Waals surface area contributed by atoms with E-state index in [4.69, 9.17) is 19.5 Å². The van der Waals surface area contributed by atoms with Crippen LogP contribution in [0, 0.1) is 5.41 Å². The van der Waals surface area contributed by atoms with Gasteiger partial charge in [-0.05, 0) is 56.0 Å². The fourth-order valence-electron chi connectivity index (χ4n) is 5.57. The van der Waals surface area contributed by atoms with Crippen LogP contribution < -0.4 is 9.64 Å². The fourth-order valence-corrected chi connectivity index (χ4v) is 6.07. The van der Waals surface area contributed by atoms with Crippen LogP contribution in [0.3, 0.4) is 0 Å². The molecule has 0 amide bonds. The number of ether oxygens (including phenoxy) is 2. The van der Waals surface area contributed by atoms with Gasteiger partial charge in [-0.15, -0.1) is 0 Å². The molecule has 1 fully saturated rings. The van der Waals surface area contributed by atoms with Crippen molar-refractivity contribution in [1.29, 1.82) is 0 Å². The molecule has 1 N–H and O–H groups in total. The predicted molar refractivity (Wildman–Crippen MR) is 177 cm³/mol. The first-order valence-electron chi connectivity index (χ1n) is 15.9. The van der Waals surface area contributed by atoms with E-state index in [9.17, 15) is 5.11 Å². The number of nitrogens with zero attached hydrogens (tertiary/aromatic N) is 4. The summed E-state index contributed by atoms with van der Waals surface area (Å²) in [6.07, 6.45) is 11.9. The lowest BCUT2D eigenvalue weighted by Gasteiger charge is -2.33. The van der Waals surface area contributed by atoms with E-state index in [2.05, 4.69) is 48.6 Å². The number of hydrogen-bond donors (Lipinski definition) is 1. The minimum Gasteiger partial charge on any atom is -0.463 e. The van der Waals surface area contributed by atoms with E-state index in [0.29, 0.717) is 36.9 Å². The summed E-state index contributed by atoms with van der Waals surface area (Å²) in [7, 11) is 0. The van der Waals surface area contributed by atoms with Gasteiger partial charge in [0.25, 0.3) is 0 Å². The number of unbranched alkanes of at least 4 members (excludes halogenated alkanes) is 4. The van der Waals surface area contributed by atoms with Crippen LogP contribution in [-0.2, 0) is 4.74 Å². The van der Waals surface area contributed by atoms with Gasteiger partial charge in [0.05, 0.1) is 42.1 Å². The summed E-state index contributed by atoms with van der Waals surface area (Å²) in [6, 6.07) is 0.160. The molecule has 9 heteroatoms. The minimum absolute atomic E-state index is 0. The van der Waals surface area contributed by atoms with Crippen molar-refractivity contribution in [2.24, 2.45) is 10.4 Å². The van der Waals surface area contributed by atoms with Crippen LogP contribution in [-0.4, -0.2) is 65.3 Å². The zero-order valence-electron chi connectivity index (χ0n) is 26.9. The second-order valence-electron chi connectivity index (χ2n) is 12.6. The highest BCUT2D eigenvalue weighted by Gasteiger charge is 2.37. The molecule has 1 aliphatic heterocycles. The quantitative estimate of drug-likeness (QED) is 0.203. The van der Waals surface area contributed by atoms with E-state index in [1.807, 2.05) is 24.8 Å².